The highest BCUT2D eigenvalue weighted by molar-refractivity contribution is 5.82. The van der Waals surface area contributed by atoms with Crippen LogP contribution in [0.15, 0.2) is 24.3 Å². The van der Waals surface area contributed by atoms with E-state index in [1.807, 2.05) is 24.3 Å². The number of benzene rings is 1. The molecule has 0 heterocycles. The highest BCUT2D eigenvalue weighted by Crippen LogP contribution is 2.43. The van der Waals surface area contributed by atoms with Crippen LogP contribution in [-0.2, 0) is 16.6 Å². The summed E-state index contributed by atoms with van der Waals surface area (Å²) in [5.41, 5.74) is 1.43. The minimum atomic E-state index is -0.703. The maximum absolute atomic E-state index is 11.4. The molecule has 1 atom stereocenters. The molecule has 0 saturated heterocycles. The number of aliphatic hydroxyl groups excluding tert-OH is 1. The van der Waals surface area contributed by atoms with Crippen LogP contribution < -0.4 is 0 Å². The Balaban J connectivity index is 2.10. The lowest BCUT2D eigenvalue weighted by atomic mass is 9.64. The molecular formula is C15H20O3. The lowest BCUT2D eigenvalue weighted by Crippen LogP contribution is -2.42. The van der Waals surface area contributed by atoms with Crippen molar-refractivity contribution in [2.24, 2.45) is 0 Å². The van der Waals surface area contributed by atoms with Crippen LogP contribution in [-0.4, -0.2) is 22.3 Å². The number of hydrogen-bond acceptors (Lipinski definition) is 2. The highest BCUT2D eigenvalue weighted by Gasteiger charge is 2.45. The van der Waals surface area contributed by atoms with Crippen molar-refractivity contribution in [3.8, 4) is 0 Å². The van der Waals surface area contributed by atoms with Crippen LogP contribution in [0.5, 0.6) is 0 Å². The van der Waals surface area contributed by atoms with Crippen molar-refractivity contribution < 1.29 is 15.0 Å². The van der Waals surface area contributed by atoms with Crippen molar-refractivity contribution in [3.05, 3.63) is 35.4 Å². The third kappa shape index (κ3) is 2.41. The van der Waals surface area contributed by atoms with Gasteiger partial charge in [-0.2, -0.15) is 0 Å². The first-order valence-corrected chi connectivity index (χ1v) is 6.55. The first kappa shape index (κ1) is 13.1. The fraction of sp³-hybridized carbons (Fsp3) is 0.533. The lowest BCUT2D eigenvalue weighted by molar-refractivity contribution is -0.147. The number of aliphatic carboxylic acids is 1. The third-order valence-corrected chi connectivity index (χ3v) is 3.97. The molecule has 3 heteroatoms. The van der Waals surface area contributed by atoms with Crippen molar-refractivity contribution in [1.82, 2.24) is 0 Å². The monoisotopic (exact) mass is 248 g/mol. The Labute approximate surface area is 107 Å². The second-order valence-electron chi connectivity index (χ2n) is 5.33. The number of carboxylic acid groups (broad SMARTS) is 1. The van der Waals surface area contributed by atoms with Crippen LogP contribution >= 0.6 is 0 Å². The lowest BCUT2D eigenvalue weighted by Gasteiger charge is -2.38. The van der Waals surface area contributed by atoms with Crippen LogP contribution in [0, 0.1) is 0 Å². The molecule has 0 aromatic heterocycles. The van der Waals surface area contributed by atoms with E-state index in [0.717, 1.165) is 43.2 Å². The number of carboxylic acids is 1. The molecule has 1 aliphatic rings. The molecular weight excluding hydrogens is 228 g/mol. The van der Waals surface area contributed by atoms with Gasteiger partial charge in [0.1, 0.15) is 0 Å². The van der Waals surface area contributed by atoms with Gasteiger partial charge in [-0.25, -0.2) is 0 Å². The molecule has 0 radical (unpaired) electrons. The van der Waals surface area contributed by atoms with Gasteiger partial charge in [-0.05, 0) is 43.7 Å². The van der Waals surface area contributed by atoms with E-state index in [0.29, 0.717) is 0 Å². The molecule has 1 aliphatic carbocycles. The van der Waals surface area contributed by atoms with E-state index < -0.39 is 11.4 Å². The van der Waals surface area contributed by atoms with E-state index in [1.54, 1.807) is 6.92 Å². The van der Waals surface area contributed by atoms with Crippen molar-refractivity contribution in [3.63, 3.8) is 0 Å². The van der Waals surface area contributed by atoms with Crippen LogP contribution in [0.4, 0.5) is 0 Å². The van der Waals surface area contributed by atoms with Crippen LogP contribution in [0.1, 0.15) is 43.7 Å². The smallest absolute Gasteiger partial charge is 0.314 e. The Morgan fingerprint density at radius 1 is 1.33 bits per heavy atom. The van der Waals surface area contributed by atoms with E-state index in [9.17, 15) is 15.0 Å². The van der Waals surface area contributed by atoms with Gasteiger partial charge in [-0.1, -0.05) is 30.7 Å². The summed E-state index contributed by atoms with van der Waals surface area (Å²) >= 11 is 0. The molecule has 98 valence electrons. The molecule has 1 aromatic carbocycles. The van der Waals surface area contributed by atoms with Gasteiger partial charge in [-0.15, -0.1) is 0 Å². The second kappa shape index (κ2) is 5.11. The normalized spacial score (nSPS) is 19.0. The summed E-state index contributed by atoms with van der Waals surface area (Å²) in [6.45, 7) is 1.78. The fourth-order valence-electron chi connectivity index (χ4n) is 2.52. The maximum Gasteiger partial charge on any atom is 0.314 e. The first-order chi connectivity index (χ1) is 8.54. The zero-order chi connectivity index (χ0) is 13.2. The average Bonchev–Trinajstić information content (AvgIpc) is 2.26. The number of hydrogen-bond donors (Lipinski definition) is 2. The van der Waals surface area contributed by atoms with E-state index >= 15 is 0 Å². The second-order valence-corrected chi connectivity index (χ2v) is 5.33. The summed E-state index contributed by atoms with van der Waals surface area (Å²) in [5, 5.41) is 18.6. The minimum Gasteiger partial charge on any atom is -0.481 e. The predicted molar refractivity (Wildman–Crippen MR) is 69.6 cm³/mol. The Kier molecular flexibility index (Phi) is 3.71. The van der Waals surface area contributed by atoms with E-state index in [2.05, 4.69) is 0 Å². The molecule has 18 heavy (non-hydrogen) atoms. The minimum absolute atomic E-state index is 0.290. The molecule has 0 bridgehead atoms. The number of rotatable bonds is 5. The molecule has 2 rings (SSSR count). The zero-order valence-electron chi connectivity index (χ0n) is 10.7. The van der Waals surface area contributed by atoms with Crippen molar-refractivity contribution >= 4 is 5.97 Å². The third-order valence-electron chi connectivity index (χ3n) is 3.97. The quantitative estimate of drug-likeness (QED) is 0.841. The number of carbonyl (C=O) groups is 1. The van der Waals surface area contributed by atoms with Gasteiger partial charge in [0.2, 0.25) is 0 Å². The molecule has 0 amide bonds. The Morgan fingerprint density at radius 2 is 1.94 bits per heavy atom. The van der Waals surface area contributed by atoms with Gasteiger partial charge in [0.15, 0.2) is 0 Å². The van der Waals surface area contributed by atoms with E-state index in [1.165, 1.54) is 0 Å². The number of aryl methyl sites for hydroxylation is 1. The molecule has 2 N–H and O–H groups in total. The summed E-state index contributed by atoms with van der Waals surface area (Å²) in [7, 11) is 0. The summed E-state index contributed by atoms with van der Waals surface area (Å²) in [6.07, 6.45) is 3.77. The number of aliphatic hydroxyl groups is 1. The van der Waals surface area contributed by atoms with Crippen molar-refractivity contribution in [1.29, 1.82) is 0 Å². The maximum atomic E-state index is 11.4. The molecule has 1 unspecified atom stereocenters. The van der Waals surface area contributed by atoms with Crippen molar-refractivity contribution in [2.75, 3.05) is 0 Å². The van der Waals surface area contributed by atoms with Crippen LogP contribution in [0.2, 0.25) is 0 Å². The first-order valence-electron chi connectivity index (χ1n) is 6.55. The highest BCUT2D eigenvalue weighted by atomic mass is 16.4. The summed E-state index contributed by atoms with van der Waals surface area (Å²) in [6, 6.07) is 7.84. The fourth-order valence-corrected chi connectivity index (χ4v) is 2.52. The van der Waals surface area contributed by atoms with Crippen LogP contribution in [0.3, 0.4) is 0 Å². The Hall–Kier alpha value is -1.35. The molecule has 1 saturated carbocycles. The predicted octanol–water partition coefficient (Wildman–Crippen LogP) is 2.51. The SMILES string of the molecule is CC(O)CCc1ccc(C2(C(=O)O)CCC2)cc1. The standard InChI is InChI=1S/C15H20O3/c1-11(16)3-4-12-5-7-13(8-6-12)15(14(17)18)9-2-10-15/h5-8,11,16H,2-4,9-10H2,1H3,(H,17,18). The summed E-state index contributed by atoms with van der Waals surface area (Å²) in [5.74, 6) is -0.703. The van der Waals surface area contributed by atoms with E-state index in [4.69, 9.17) is 0 Å². The van der Waals surface area contributed by atoms with Crippen molar-refractivity contribution in [2.45, 2.75) is 50.5 Å². The Bertz CT molecular complexity index is 416. The summed E-state index contributed by atoms with van der Waals surface area (Å²) in [4.78, 5) is 11.4. The van der Waals surface area contributed by atoms with Gasteiger partial charge < -0.3 is 10.2 Å². The molecule has 1 aromatic rings. The van der Waals surface area contributed by atoms with Gasteiger partial charge in [0.05, 0.1) is 11.5 Å². The van der Waals surface area contributed by atoms with E-state index in [-0.39, 0.29) is 6.10 Å². The molecule has 1 fully saturated rings. The topological polar surface area (TPSA) is 57.5 Å². The zero-order valence-corrected chi connectivity index (χ0v) is 10.7. The average molecular weight is 248 g/mol. The molecule has 0 aliphatic heterocycles. The van der Waals surface area contributed by atoms with Gasteiger partial charge >= 0.3 is 5.97 Å². The van der Waals surface area contributed by atoms with Gasteiger partial charge in [0, 0.05) is 0 Å². The summed E-state index contributed by atoms with van der Waals surface area (Å²) < 4.78 is 0. The van der Waals surface area contributed by atoms with Gasteiger partial charge in [-0.3, -0.25) is 4.79 Å². The molecule has 0 spiro atoms. The largest absolute Gasteiger partial charge is 0.481 e. The molecule has 3 nitrogen and oxygen atoms in total. The van der Waals surface area contributed by atoms with Gasteiger partial charge in [0.25, 0.3) is 0 Å². The van der Waals surface area contributed by atoms with Crippen LogP contribution in [0.25, 0.3) is 0 Å². The Morgan fingerprint density at radius 3 is 2.33 bits per heavy atom.